The van der Waals surface area contributed by atoms with Gasteiger partial charge in [-0.25, -0.2) is 4.99 Å². The molecule has 8 heteroatoms. The zero-order valence-corrected chi connectivity index (χ0v) is 20.2. The standard InChI is InChI=1S/C21H27ClN4O2.HI/c1-5-23-21(26(3)14-17-8-6-7-9-18(17)22)24-13-16-10-11-20(28-4)19(12-16)25-15(2)27;/h6-12H,5,13-14H2,1-4H3,(H,23,24)(H,25,27);1H. The second-order valence-electron chi connectivity index (χ2n) is 6.33. The van der Waals surface area contributed by atoms with E-state index in [9.17, 15) is 4.79 Å². The largest absolute Gasteiger partial charge is 0.495 e. The highest BCUT2D eigenvalue weighted by atomic mass is 127. The number of nitrogens with one attached hydrogen (secondary N) is 2. The Kier molecular flexibility index (Phi) is 10.8. The maximum Gasteiger partial charge on any atom is 0.221 e. The van der Waals surface area contributed by atoms with Crippen LogP contribution in [0.4, 0.5) is 5.69 Å². The summed E-state index contributed by atoms with van der Waals surface area (Å²) in [5.41, 5.74) is 2.64. The normalized spacial score (nSPS) is 10.7. The van der Waals surface area contributed by atoms with Crippen molar-refractivity contribution < 1.29 is 9.53 Å². The van der Waals surface area contributed by atoms with Crippen LogP contribution < -0.4 is 15.4 Å². The van der Waals surface area contributed by atoms with Crippen molar-refractivity contribution in [1.82, 2.24) is 10.2 Å². The van der Waals surface area contributed by atoms with Crippen LogP contribution in [0.5, 0.6) is 5.75 Å². The topological polar surface area (TPSA) is 66.0 Å². The van der Waals surface area contributed by atoms with E-state index in [-0.39, 0.29) is 29.9 Å². The highest BCUT2D eigenvalue weighted by Crippen LogP contribution is 2.26. The van der Waals surface area contributed by atoms with Crippen LogP contribution in [-0.4, -0.2) is 37.5 Å². The Labute approximate surface area is 194 Å². The smallest absolute Gasteiger partial charge is 0.221 e. The minimum Gasteiger partial charge on any atom is -0.495 e. The molecule has 29 heavy (non-hydrogen) atoms. The number of hydrogen-bond acceptors (Lipinski definition) is 3. The summed E-state index contributed by atoms with van der Waals surface area (Å²) in [6.07, 6.45) is 0. The molecule has 2 aromatic carbocycles. The van der Waals surface area contributed by atoms with Gasteiger partial charge in [-0.2, -0.15) is 0 Å². The van der Waals surface area contributed by atoms with E-state index in [0.29, 0.717) is 24.5 Å². The highest BCUT2D eigenvalue weighted by Gasteiger charge is 2.10. The zero-order valence-electron chi connectivity index (χ0n) is 17.2. The van der Waals surface area contributed by atoms with Gasteiger partial charge in [0, 0.05) is 32.1 Å². The van der Waals surface area contributed by atoms with Crippen molar-refractivity contribution >= 4 is 53.1 Å². The Hall–Kier alpha value is -2.00. The molecule has 0 aliphatic rings. The SMILES string of the molecule is CCNC(=NCc1ccc(OC)c(NC(C)=O)c1)N(C)Cc1ccccc1Cl.I. The molecule has 0 heterocycles. The van der Waals surface area contributed by atoms with E-state index in [1.165, 1.54) is 6.92 Å². The lowest BCUT2D eigenvalue weighted by atomic mass is 10.2. The summed E-state index contributed by atoms with van der Waals surface area (Å²) in [7, 11) is 3.55. The summed E-state index contributed by atoms with van der Waals surface area (Å²) in [6, 6.07) is 13.4. The summed E-state index contributed by atoms with van der Waals surface area (Å²) in [4.78, 5) is 18.2. The van der Waals surface area contributed by atoms with Gasteiger partial charge in [0.15, 0.2) is 5.96 Å². The van der Waals surface area contributed by atoms with Crippen molar-refractivity contribution in [2.24, 2.45) is 4.99 Å². The molecule has 2 aromatic rings. The third-order valence-corrected chi connectivity index (χ3v) is 4.42. The number of nitrogens with zero attached hydrogens (tertiary/aromatic N) is 2. The number of guanidine groups is 1. The monoisotopic (exact) mass is 530 g/mol. The van der Waals surface area contributed by atoms with Crippen molar-refractivity contribution in [1.29, 1.82) is 0 Å². The first-order valence-electron chi connectivity index (χ1n) is 9.12. The average Bonchev–Trinajstić information content (AvgIpc) is 2.66. The number of methoxy groups -OCH3 is 1. The van der Waals surface area contributed by atoms with E-state index >= 15 is 0 Å². The molecular weight excluding hydrogens is 503 g/mol. The molecule has 0 bridgehead atoms. The molecule has 0 aromatic heterocycles. The van der Waals surface area contributed by atoms with Gasteiger partial charge in [0.05, 0.1) is 19.3 Å². The molecule has 0 saturated carbocycles. The Morgan fingerprint density at radius 1 is 1.24 bits per heavy atom. The molecule has 0 radical (unpaired) electrons. The second-order valence-corrected chi connectivity index (χ2v) is 6.74. The van der Waals surface area contributed by atoms with Crippen LogP contribution in [0.3, 0.4) is 0 Å². The number of aliphatic imine (C=N–C) groups is 1. The lowest BCUT2D eigenvalue weighted by molar-refractivity contribution is -0.114. The first kappa shape index (κ1) is 25.0. The number of amides is 1. The quantitative estimate of drug-likeness (QED) is 0.314. The number of benzene rings is 2. The average molecular weight is 531 g/mol. The number of halogens is 2. The van der Waals surface area contributed by atoms with Gasteiger partial charge in [-0.3, -0.25) is 4.79 Å². The van der Waals surface area contributed by atoms with E-state index in [2.05, 4.69) is 10.6 Å². The summed E-state index contributed by atoms with van der Waals surface area (Å²) < 4.78 is 5.30. The minimum absolute atomic E-state index is 0. The second kappa shape index (κ2) is 12.5. The van der Waals surface area contributed by atoms with Crippen molar-refractivity contribution in [3.05, 3.63) is 58.6 Å². The summed E-state index contributed by atoms with van der Waals surface area (Å²) in [5, 5.41) is 6.82. The Balaban J connectivity index is 0.00000420. The van der Waals surface area contributed by atoms with Gasteiger partial charge in [-0.1, -0.05) is 35.9 Å². The molecule has 0 atom stereocenters. The van der Waals surface area contributed by atoms with Gasteiger partial charge in [-0.15, -0.1) is 24.0 Å². The number of carbonyl (C=O) groups is 1. The number of anilines is 1. The summed E-state index contributed by atoms with van der Waals surface area (Å²) in [5.74, 6) is 1.25. The molecule has 1 amide bonds. The van der Waals surface area contributed by atoms with Gasteiger partial charge in [0.2, 0.25) is 5.91 Å². The third-order valence-electron chi connectivity index (χ3n) is 4.05. The molecule has 0 aliphatic carbocycles. The van der Waals surface area contributed by atoms with Crippen molar-refractivity contribution in [2.75, 3.05) is 26.0 Å². The Morgan fingerprint density at radius 2 is 1.97 bits per heavy atom. The molecule has 0 unspecified atom stereocenters. The predicted octanol–water partition coefficient (Wildman–Crippen LogP) is 4.52. The molecule has 0 fully saturated rings. The van der Waals surface area contributed by atoms with Crippen LogP contribution in [0, 0.1) is 0 Å². The van der Waals surface area contributed by atoms with Crippen molar-refractivity contribution in [2.45, 2.75) is 26.9 Å². The maximum atomic E-state index is 11.4. The van der Waals surface area contributed by atoms with Crippen LogP contribution >= 0.6 is 35.6 Å². The highest BCUT2D eigenvalue weighted by molar-refractivity contribution is 14.0. The fraction of sp³-hybridized carbons (Fsp3) is 0.333. The lowest BCUT2D eigenvalue weighted by Crippen LogP contribution is -2.38. The van der Waals surface area contributed by atoms with Crippen LogP contribution in [0.15, 0.2) is 47.5 Å². The molecule has 6 nitrogen and oxygen atoms in total. The Morgan fingerprint density at radius 3 is 2.59 bits per heavy atom. The third kappa shape index (κ3) is 7.74. The fourth-order valence-electron chi connectivity index (χ4n) is 2.73. The molecule has 0 spiro atoms. The van der Waals surface area contributed by atoms with Gasteiger partial charge < -0.3 is 20.3 Å². The van der Waals surface area contributed by atoms with E-state index in [1.54, 1.807) is 7.11 Å². The van der Waals surface area contributed by atoms with E-state index in [0.717, 1.165) is 28.7 Å². The number of rotatable bonds is 7. The number of carbonyl (C=O) groups excluding carboxylic acids is 1. The van der Waals surface area contributed by atoms with E-state index < -0.39 is 0 Å². The molecule has 2 rings (SSSR count). The summed E-state index contributed by atoms with van der Waals surface area (Å²) >= 11 is 6.28. The molecule has 2 N–H and O–H groups in total. The minimum atomic E-state index is -0.147. The predicted molar refractivity (Wildman–Crippen MR) is 130 cm³/mol. The van der Waals surface area contributed by atoms with Gasteiger partial charge in [0.25, 0.3) is 0 Å². The van der Waals surface area contributed by atoms with Gasteiger partial charge in [0.1, 0.15) is 5.75 Å². The summed E-state index contributed by atoms with van der Waals surface area (Å²) in [6.45, 7) is 5.36. The van der Waals surface area contributed by atoms with Crippen molar-refractivity contribution in [3.8, 4) is 5.75 Å². The molecular formula is C21H28ClIN4O2. The first-order chi connectivity index (χ1) is 13.4. The molecule has 0 aliphatic heterocycles. The fourth-order valence-corrected chi connectivity index (χ4v) is 2.93. The van der Waals surface area contributed by atoms with Crippen LogP contribution in [-0.2, 0) is 17.9 Å². The van der Waals surface area contributed by atoms with Crippen LogP contribution in [0.2, 0.25) is 5.02 Å². The zero-order chi connectivity index (χ0) is 20.5. The van der Waals surface area contributed by atoms with E-state index in [4.69, 9.17) is 21.3 Å². The Bertz CT molecular complexity index is 845. The van der Waals surface area contributed by atoms with Crippen molar-refractivity contribution in [3.63, 3.8) is 0 Å². The number of ether oxygens (including phenoxy) is 1. The van der Waals surface area contributed by atoms with Gasteiger partial charge >= 0.3 is 0 Å². The first-order valence-corrected chi connectivity index (χ1v) is 9.49. The van der Waals surface area contributed by atoms with Crippen LogP contribution in [0.1, 0.15) is 25.0 Å². The maximum absolute atomic E-state index is 11.4. The van der Waals surface area contributed by atoms with Gasteiger partial charge in [-0.05, 0) is 36.2 Å². The molecule has 0 saturated heterocycles. The number of hydrogen-bond donors (Lipinski definition) is 2. The van der Waals surface area contributed by atoms with Crippen LogP contribution in [0.25, 0.3) is 0 Å². The van der Waals surface area contributed by atoms with E-state index in [1.807, 2.05) is 61.3 Å². The lowest BCUT2D eigenvalue weighted by Gasteiger charge is -2.22. The molecule has 158 valence electrons.